The number of fused-ring (bicyclic) bond motifs is 2. The van der Waals surface area contributed by atoms with E-state index in [9.17, 15) is 0 Å². The molecule has 0 bridgehead atoms. The third kappa shape index (κ3) is 2.47. The lowest BCUT2D eigenvalue weighted by molar-refractivity contribution is 0.713. The molecule has 0 saturated heterocycles. The van der Waals surface area contributed by atoms with Gasteiger partial charge in [0.2, 0.25) is 0 Å². The second-order valence-electron chi connectivity index (χ2n) is 6.64. The summed E-state index contributed by atoms with van der Waals surface area (Å²) in [6, 6.07) is 20.8. The van der Waals surface area contributed by atoms with Crippen molar-refractivity contribution in [2.45, 2.75) is 18.9 Å². The van der Waals surface area contributed by atoms with E-state index in [1.807, 2.05) is 30.3 Å². The van der Waals surface area contributed by atoms with Gasteiger partial charge in [0, 0.05) is 17.3 Å². The number of pyridine rings is 1. The average Bonchev–Trinajstić information content (AvgIpc) is 3.22. The van der Waals surface area contributed by atoms with E-state index in [0.717, 1.165) is 45.7 Å². The zero-order valence-electron chi connectivity index (χ0n) is 14.1. The second kappa shape index (κ2) is 6.04. The van der Waals surface area contributed by atoms with Crippen LogP contribution in [0, 0.1) is 0 Å². The summed E-state index contributed by atoms with van der Waals surface area (Å²) in [5, 5.41) is 0. The first-order valence-electron chi connectivity index (χ1n) is 8.70. The molecule has 128 valence electrons. The van der Waals surface area contributed by atoms with E-state index in [1.54, 1.807) is 0 Å². The first kappa shape index (κ1) is 15.7. The van der Waals surface area contributed by atoms with E-state index in [-0.39, 0.29) is 6.04 Å². The zero-order valence-corrected chi connectivity index (χ0v) is 15.6. The van der Waals surface area contributed by atoms with Gasteiger partial charge in [-0.2, -0.15) is 0 Å². The van der Waals surface area contributed by atoms with Crippen molar-refractivity contribution in [2.24, 2.45) is 5.73 Å². The van der Waals surface area contributed by atoms with Crippen LogP contribution in [0.4, 0.5) is 0 Å². The molecule has 0 spiro atoms. The summed E-state index contributed by atoms with van der Waals surface area (Å²) in [5.41, 5.74) is 12.7. The van der Waals surface area contributed by atoms with Gasteiger partial charge < -0.3 is 5.73 Å². The number of rotatable bonds is 2. The Morgan fingerprint density at radius 2 is 1.85 bits per heavy atom. The molecule has 0 aliphatic heterocycles. The molecule has 1 aliphatic carbocycles. The summed E-state index contributed by atoms with van der Waals surface area (Å²) in [6.07, 6.45) is 2.04. The Morgan fingerprint density at radius 1 is 1.00 bits per heavy atom. The molecule has 0 unspecified atom stereocenters. The van der Waals surface area contributed by atoms with E-state index < -0.39 is 0 Å². The van der Waals surface area contributed by atoms with Crippen LogP contribution in [0.15, 0.2) is 65.3 Å². The SMILES string of the molecule is N[C@H]1CCc2cc(-n3c(-c4ccccc4)nc4ccc(Br)nc43)ccc21. The van der Waals surface area contributed by atoms with Gasteiger partial charge >= 0.3 is 0 Å². The van der Waals surface area contributed by atoms with Crippen LogP contribution in [0.2, 0.25) is 0 Å². The second-order valence-corrected chi connectivity index (χ2v) is 7.45. The van der Waals surface area contributed by atoms with Gasteiger partial charge in [-0.25, -0.2) is 9.97 Å². The molecule has 0 fully saturated rings. The van der Waals surface area contributed by atoms with Crippen molar-refractivity contribution in [2.75, 3.05) is 0 Å². The van der Waals surface area contributed by atoms with Crippen LogP contribution in [0.5, 0.6) is 0 Å². The Morgan fingerprint density at radius 3 is 2.69 bits per heavy atom. The maximum Gasteiger partial charge on any atom is 0.166 e. The van der Waals surface area contributed by atoms with Gasteiger partial charge in [0.25, 0.3) is 0 Å². The van der Waals surface area contributed by atoms with Crippen LogP contribution in [-0.2, 0) is 6.42 Å². The minimum absolute atomic E-state index is 0.152. The molecule has 4 nitrogen and oxygen atoms in total. The molecule has 5 rings (SSSR count). The number of benzene rings is 2. The van der Waals surface area contributed by atoms with Crippen LogP contribution in [0.3, 0.4) is 0 Å². The fraction of sp³-hybridized carbons (Fsp3) is 0.143. The van der Waals surface area contributed by atoms with Crippen LogP contribution in [-0.4, -0.2) is 14.5 Å². The Bertz CT molecular complexity index is 1120. The molecule has 0 radical (unpaired) electrons. The Hall–Kier alpha value is -2.50. The smallest absolute Gasteiger partial charge is 0.166 e. The van der Waals surface area contributed by atoms with E-state index in [2.05, 4.69) is 50.8 Å². The maximum absolute atomic E-state index is 6.21. The topological polar surface area (TPSA) is 56.7 Å². The Kier molecular flexibility index (Phi) is 3.65. The van der Waals surface area contributed by atoms with Crippen LogP contribution >= 0.6 is 15.9 Å². The highest BCUT2D eigenvalue weighted by molar-refractivity contribution is 9.10. The highest BCUT2D eigenvalue weighted by Gasteiger charge is 2.21. The van der Waals surface area contributed by atoms with Crippen molar-refractivity contribution >= 4 is 27.1 Å². The summed E-state index contributed by atoms with van der Waals surface area (Å²) in [7, 11) is 0. The Labute approximate surface area is 159 Å². The van der Waals surface area contributed by atoms with Crippen molar-refractivity contribution in [3.8, 4) is 17.1 Å². The van der Waals surface area contributed by atoms with Crippen molar-refractivity contribution < 1.29 is 0 Å². The normalized spacial score (nSPS) is 16.2. The molecule has 2 aromatic heterocycles. The van der Waals surface area contributed by atoms with Gasteiger partial charge in [0.1, 0.15) is 15.9 Å². The quantitative estimate of drug-likeness (QED) is 0.488. The lowest BCUT2D eigenvalue weighted by atomic mass is 10.1. The third-order valence-electron chi connectivity index (χ3n) is 5.01. The maximum atomic E-state index is 6.21. The van der Waals surface area contributed by atoms with Gasteiger partial charge in [-0.05, 0) is 64.2 Å². The monoisotopic (exact) mass is 404 g/mol. The number of imidazole rings is 1. The first-order chi connectivity index (χ1) is 12.7. The largest absolute Gasteiger partial charge is 0.324 e. The molecule has 0 amide bonds. The molecule has 1 atom stereocenters. The minimum Gasteiger partial charge on any atom is -0.324 e. The van der Waals surface area contributed by atoms with Crippen molar-refractivity contribution in [1.82, 2.24) is 14.5 Å². The van der Waals surface area contributed by atoms with Gasteiger partial charge in [-0.3, -0.25) is 4.57 Å². The van der Waals surface area contributed by atoms with E-state index in [1.165, 1.54) is 11.1 Å². The molecule has 0 saturated carbocycles. The van der Waals surface area contributed by atoms with Crippen molar-refractivity contribution in [1.29, 1.82) is 0 Å². The fourth-order valence-corrected chi connectivity index (χ4v) is 4.04. The van der Waals surface area contributed by atoms with E-state index in [4.69, 9.17) is 15.7 Å². The summed E-state index contributed by atoms with van der Waals surface area (Å²) in [6.45, 7) is 0. The Balaban J connectivity index is 1.80. The van der Waals surface area contributed by atoms with Crippen molar-refractivity contribution in [3.63, 3.8) is 0 Å². The minimum atomic E-state index is 0.152. The van der Waals surface area contributed by atoms with E-state index >= 15 is 0 Å². The van der Waals surface area contributed by atoms with Crippen LogP contribution in [0.1, 0.15) is 23.6 Å². The number of hydrogen-bond acceptors (Lipinski definition) is 3. The number of aryl methyl sites for hydroxylation is 1. The number of hydrogen-bond donors (Lipinski definition) is 1. The molecule has 2 N–H and O–H groups in total. The molecule has 26 heavy (non-hydrogen) atoms. The number of nitrogens with zero attached hydrogens (tertiary/aromatic N) is 3. The molecular weight excluding hydrogens is 388 g/mol. The van der Waals surface area contributed by atoms with Gasteiger partial charge in [-0.15, -0.1) is 0 Å². The van der Waals surface area contributed by atoms with Crippen LogP contribution < -0.4 is 5.73 Å². The summed E-state index contributed by atoms with van der Waals surface area (Å²) in [5.74, 6) is 0.897. The van der Waals surface area contributed by atoms with E-state index in [0.29, 0.717) is 0 Å². The third-order valence-corrected chi connectivity index (χ3v) is 5.45. The lowest BCUT2D eigenvalue weighted by Gasteiger charge is -2.12. The zero-order chi connectivity index (χ0) is 17.7. The summed E-state index contributed by atoms with van der Waals surface area (Å²) in [4.78, 5) is 9.56. The molecular formula is C21H17BrN4. The molecule has 2 aromatic carbocycles. The highest BCUT2D eigenvalue weighted by atomic mass is 79.9. The molecule has 2 heterocycles. The predicted octanol–water partition coefficient (Wildman–Crippen LogP) is 4.80. The standard InChI is InChI=1S/C21H17BrN4/c22-19-11-10-18-21(25-19)26(20(24-18)13-4-2-1-3-5-13)15-7-8-16-14(12-15)6-9-17(16)23/h1-5,7-8,10-12,17H,6,9,23H2/t17-/m0/s1. The predicted molar refractivity (Wildman–Crippen MR) is 107 cm³/mol. The number of nitrogens with two attached hydrogens (primary N) is 1. The van der Waals surface area contributed by atoms with Gasteiger partial charge in [-0.1, -0.05) is 36.4 Å². The fourth-order valence-electron chi connectivity index (χ4n) is 3.74. The molecule has 1 aliphatic rings. The van der Waals surface area contributed by atoms with Gasteiger partial charge in [0.05, 0.1) is 0 Å². The molecule has 4 aromatic rings. The van der Waals surface area contributed by atoms with Gasteiger partial charge in [0.15, 0.2) is 5.65 Å². The molecule has 5 heteroatoms. The van der Waals surface area contributed by atoms with Crippen LogP contribution in [0.25, 0.3) is 28.2 Å². The summed E-state index contributed by atoms with van der Waals surface area (Å²) >= 11 is 3.49. The average molecular weight is 405 g/mol. The number of aromatic nitrogens is 3. The lowest BCUT2D eigenvalue weighted by Crippen LogP contribution is -2.05. The van der Waals surface area contributed by atoms with Crippen molar-refractivity contribution in [3.05, 3.63) is 76.4 Å². The highest BCUT2D eigenvalue weighted by Crippen LogP contribution is 2.34. The number of halogens is 1. The first-order valence-corrected chi connectivity index (χ1v) is 9.49. The summed E-state index contributed by atoms with van der Waals surface area (Å²) < 4.78 is 2.94.